The molecule has 1 N–H and O–H groups in total. The van der Waals surface area contributed by atoms with Gasteiger partial charge in [-0.2, -0.15) is 0 Å². The molecule has 1 amide bonds. The largest absolute Gasteiger partial charge is 0.465 e. The zero-order valence-corrected chi connectivity index (χ0v) is 15.4. The molecule has 0 unspecified atom stereocenters. The minimum Gasteiger partial charge on any atom is -0.465 e. The van der Waals surface area contributed by atoms with Gasteiger partial charge in [0, 0.05) is 6.42 Å². The molecule has 0 aromatic carbocycles. The molecule has 0 spiro atoms. The molecule has 1 aromatic rings. The highest BCUT2D eigenvalue weighted by molar-refractivity contribution is 7.12. The van der Waals surface area contributed by atoms with Crippen LogP contribution in [0.3, 0.4) is 0 Å². The van der Waals surface area contributed by atoms with Crippen LogP contribution in [0.4, 0.5) is 5.69 Å². The van der Waals surface area contributed by atoms with Gasteiger partial charge in [0.2, 0.25) is 0 Å². The summed E-state index contributed by atoms with van der Waals surface area (Å²) in [6, 6.07) is 1.61. The SMILES string of the molecule is COC(=O)c1sccc1NC(=O)COC(=O)CCCC1CCCCC1. The van der Waals surface area contributed by atoms with E-state index in [0.717, 1.165) is 18.8 Å². The van der Waals surface area contributed by atoms with E-state index in [9.17, 15) is 14.4 Å². The molecule has 25 heavy (non-hydrogen) atoms. The van der Waals surface area contributed by atoms with Crippen molar-refractivity contribution in [2.24, 2.45) is 5.92 Å². The van der Waals surface area contributed by atoms with Crippen LogP contribution in [0.25, 0.3) is 0 Å². The van der Waals surface area contributed by atoms with Crippen LogP contribution < -0.4 is 5.32 Å². The lowest BCUT2D eigenvalue weighted by molar-refractivity contribution is -0.147. The van der Waals surface area contributed by atoms with Crippen molar-refractivity contribution in [1.29, 1.82) is 0 Å². The molecule has 0 bridgehead atoms. The highest BCUT2D eigenvalue weighted by atomic mass is 32.1. The molecule has 1 aromatic heterocycles. The highest BCUT2D eigenvalue weighted by Gasteiger charge is 2.17. The van der Waals surface area contributed by atoms with E-state index in [-0.39, 0.29) is 12.6 Å². The Balaban J connectivity index is 1.65. The van der Waals surface area contributed by atoms with Crippen molar-refractivity contribution in [2.75, 3.05) is 19.0 Å². The summed E-state index contributed by atoms with van der Waals surface area (Å²) in [4.78, 5) is 35.5. The second-order valence-electron chi connectivity index (χ2n) is 6.26. The number of anilines is 1. The van der Waals surface area contributed by atoms with E-state index in [2.05, 4.69) is 10.1 Å². The van der Waals surface area contributed by atoms with Gasteiger partial charge in [-0.1, -0.05) is 32.1 Å². The van der Waals surface area contributed by atoms with E-state index >= 15 is 0 Å². The maximum atomic E-state index is 11.9. The molecule has 6 nitrogen and oxygen atoms in total. The predicted molar refractivity (Wildman–Crippen MR) is 95.7 cm³/mol. The number of hydrogen-bond acceptors (Lipinski definition) is 6. The predicted octanol–water partition coefficient (Wildman–Crippen LogP) is 3.77. The van der Waals surface area contributed by atoms with Crippen LogP contribution in [0.1, 0.15) is 61.0 Å². The van der Waals surface area contributed by atoms with E-state index in [1.165, 1.54) is 50.6 Å². The normalized spacial score (nSPS) is 14.8. The van der Waals surface area contributed by atoms with Crippen LogP contribution in [-0.2, 0) is 19.1 Å². The van der Waals surface area contributed by atoms with Crippen LogP contribution in [0.2, 0.25) is 0 Å². The zero-order valence-electron chi connectivity index (χ0n) is 14.5. The summed E-state index contributed by atoms with van der Waals surface area (Å²) >= 11 is 1.18. The lowest BCUT2D eigenvalue weighted by atomic mass is 9.86. The molecule has 2 rings (SSSR count). The fraction of sp³-hybridized carbons (Fsp3) is 0.611. The fourth-order valence-electron chi connectivity index (χ4n) is 3.07. The Bertz CT molecular complexity index is 592. The van der Waals surface area contributed by atoms with E-state index in [4.69, 9.17) is 4.74 Å². The third-order valence-corrected chi connectivity index (χ3v) is 5.29. The first-order valence-corrected chi connectivity index (χ1v) is 9.59. The minimum absolute atomic E-state index is 0.314. The van der Waals surface area contributed by atoms with Crippen molar-refractivity contribution in [3.63, 3.8) is 0 Å². The van der Waals surface area contributed by atoms with Crippen molar-refractivity contribution < 1.29 is 23.9 Å². The summed E-state index contributed by atoms with van der Waals surface area (Å²) < 4.78 is 9.65. The minimum atomic E-state index is -0.509. The molecule has 1 saturated carbocycles. The first-order valence-electron chi connectivity index (χ1n) is 8.71. The molecule has 1 fully saturated rings. The molecular weight excluding hydrogens is 342 g/mol. The van der Waals surface area contributed by atoms with Crippen molar-refractivity contribution >= 4 is 34.9 Å². The van der Waals surface area contributed by atoms with Crippen LogP contribution in [-0.4, -0.2) is 31.6 Å². The van der Waals surface area contributed by atoms with Gasteiger partial charge in [-0.25, -0.2) is 4.79 Å². The van der Waals surface area contributed by atoms with Gasteiger partial charge in [0.05, 0.1) is 12.8 Å². The summed E-state index contributed by atoms with van der Waals surface area (Å²) in [5.41, 5.74) is 0.371. The van der Waals surface area contributed by atoms with Crippen molar-refractivity contribution in [2.45, 2.75) is 51.4 Å². The van der Waals surface area contributed by atoms with E-state index < -0.39 is 11.9 Å². The van der Waals surface area contributed by atoms with Crippen molar-refractivity contribution in [3.8, 4) is 0 Å². The van der Waals surface area contributed by atoms with Gasteiger partial charge in [0.25, 0.3) is 5.91 Å². The summed E-state index contributed by atoms with van der Waals surface area (Å²) in [7, 11) is 1.28. The number of amides is 1. The number of carbonyl (C=O) groups excluding carboxylic acids is 3. The quantitative estimate of drug-likeness (QED) is 0.707. The van der Waals surface area contributed by atoms with Gasteiger partial charge in [0.1, 0.15) is 4.88 Å². The number of ether oxygens (including phenoxy) is 2. The maximum absolute atomic E-state index is 11.9. The van der Waals surface area contributed by atoms with Gasteiger partial charge < -0.3 is 14.8 Å². The molecule has 1 aliphatic rings. The molecule has 1 heterocycles. The molecule has 0 radical (unpaired) electrons. The first-order chi connectivity index (χ1) is 12.1. The zero-order chi connectivity index (χ0) is 18.1. The Morgan fingerprint density at radius 1 is 1.24 bits per heavy atom. The van der Waals surface area contributed by atoms with Crippen LogP contribution in [0.5, 0.6) is 0 Å². The fourth-order valence-corrected chi connectivity index (χ4v) is 3.84. The number of rotatable bonds is 8. The summed E-state index contributed by atoms with van der Waals surface area (Å²) in [6.45, 7) is -0.348. The first kappa shape index (κ1) is 19.4. The van der Waals surface area contributed by atoms with E-state index in [1.807, 2.05) is 0 Å². The van der Waals surface area contributed by atoms with E-state index in [1.54, 1.807) is 11.4 Å². The number of thiophene rings is 1. The summed E-state index contributed by atoms with van der Waals surface area (Å²) in [5, 5.41) is 4.24. The number of esters is 2. The smallest absolute Gasteiger partial charge is 0.350 e. The van der Waals surface area contributed by atoms with Gasteiger partial charge in [-0.05, 0) is 30.2 Å². The number of hydrogen-bond donors (Lipinski definition) is 1. The van der Waals surface area contributed by atoms with Gasteiger partial charge >= 0.3 is 11.9 Å². The van der Waals surface area contributed by atoms with Gasteiger partial charge in [-0.3, -0.25) is 9.59 Å². The lowest BCUT2D eigenvalue weighted by Gasteiger charge is -2.20. The van der Waals surface area contributed by atoms with Crippen LogP contribution in [0, 0.1) is 5.92 Å². The number of methoxy groups -OCH3 is 1. The molecule has 0 atom stereocenters. The summed E-state index contributed by atoms with van der Waals surface area (Å²) in [5.74, 6) is -0.598. The third-order valence-electron chi connectivity index (χ3n) is 4.39. The molecule has 7 heteroatoms. The van der Waals surface area contributed by atoms with Crippen molar-refractivity contribution in [3.05, 3.63) is 16.3 Å². The topological polar surface area (TPSA) is 81.7 Å². The maximum Gasteiger partial charge on any atom is 0.350 e. The number of nitrogens with one attached hydrogen (secondary N) is 1. The van der Waals surface area contributed by atoms with Gasteiger partial charge in [0.15, 0.2) is 6.61 Å². The van der Waals surface area contributed by atoms with Crippen LogP contribution in [0.15, 0.2) is 11.4 Å². The van der Waals surface area contributed by atoms with Crippen LogP contribution >= 0.6 is 11.3 Å². The standard InChI is InChI=1S/C18H25NO5S/c1-23-18(22)17-14(10-11-25-17)19-15(20)12-24-16(21)9-5-8-13-6-3-2-4-7-13/h10-11,13H,2-9,12H2,1H3,(H,19,20). The highest BCUT2D eigenvalue weighted by Crippen LogP contribution is 2.27. The number of carbonyl (C=O) groups is 3. The Hall–Kier alpha value is -1.89. The molecule has 0 saturated heterocycles. The molecule has 1 aliphatic carbocycles. The Morgan fingerprint density at radius 3 is 2.72 bits per heavy atom. The van der Waals surface area contributed by atoms with E-state index in [0.29, 0.717) is 17.0 Å². The Labute approximate surface area is 151 Å². The lowest BCUT2D eigenvalue weighted by Crippen LogP contribution is -2.21. The molecule has 0 aliphatic heterocycles. The second-order valence-corrected chi connectivity index (χ2v) is 7.18. The third kappa shape index (κ3) is 6.49. The Morgan fingerprint density at radius 2 is 2.00 bits per heavy atom. The average Bonchev–Trinajstić information content (AvgIpc) is 3.08. The molecular formula is C18H25NO5S. The van der Waals surface area contributed by atoms with Crippen molar-refractivity contribution in [1.82, 2.24) is 0 Å². The monoisotopic (exact) mass is 367 g/mol. The van der Waals surface area contributed by atoms with Gasteiger partial charge in [-0.15, -0.1) is 11.3 Å². The second kappa shape index (κ2) is 10.2. The summed E-state index contributed by atoms with van der Waals surface area (Å²) in [6.07, 6.45) is 8.66. The Kier molecular flexibility index (Phi) is 7.91. The average molecular weight is 367 g/mol. The molecule has 138 valence electrons.